The number of ether oxygens (including phenoxy) is 2. The zero-order valence-corrected chi connectivity index (χ0v) is 18.0. The largest absolute Gasteiger partial charge is 0.483 e. The molecule has 0 radical (unpaired) electrons. The van der Waals surface area contributed by atoms with Crippen LogP contribution in [0.5, 0.6) is 5.75 Å². The maximum absolute atomic E-state index is 12.6. The second kappa shape index (κ2) is 9.63. The van der Waals surface area contributed by atoms with Crippen molar-refractivity contribution in [3.8, 4) is 5.75 Å². The Bertz CT molecular complexity index is 921. The number of esters is 1. The van der Waals surface area contributed by atoms with Crippen LogP contribution in [0.15, 0.2) is 36.4 Å². The van der Waals surface area contributed by atoms with Gasteiger partial charge in [-0.2, -0.15) is 0 Å². The van der Waals surface area contributed by atoms with Crippen LogP contribution in [0.3, 0.4) is 0 Å². The topological polar surface area (TPSA) is 71.1 Å². The van der Waals surface area contributed by atoms with Crippen LogP contribution in [0.2, 0.25) is 0 Å². The summed E-state index contributed by atoms with van der Waals surface area (Å²) in [5.41, 5.74) is 3.97. The first-order valence-corrected chi connectivity index (χ1v) is 10.0. The molecule has 0 aromatic heterocycles. The number of nitrogens with zero attached hydrogens (tertiary/aromatic N) is 2. The van der Waals surface area contributed by atoms with Crippen LogP contribution < -0.4 is 15.0 Å². The molecule has 1 amide bonds. The van der Waals surface area contributed by atoms with Gasteiger partial charge in [-0.05, 0) is 50.7 Å². The monoisotopic (exact) mass is 411 g/mol. The molecule has 1 aliphatic rings. The van der Waals surface area contributed by atoms with E-state index in [0.29, 0.717) is 17.0 Å². The first-order valence-electron chi connectivity index (χ1n) is 10.0. The Balaban J connectivity index is 1.75. The molecule has 0 atom stereocenters. The highest BCUT2D eigenvalue weighted by atomic mass is 16.5. The Morgan fingerprint density at radius 2 is 1.77 bits per heavy atom. The first-order chi connectivity index (χ1) is 14.4. The number of carbonyl (C=O) groups excluding carboxylic acids is 2. The number of aryl methyl sites for hydroxylation is 2. The number of carbonyl (C=O) groups is 2. The first kappa shape index (κ1) is 21.6. The number of methoxy groups -OCH3 is 1. The van der Waals surface area contributed by atoms with Gasteiger partial charge in [-0.15, -0.1) is 0 Å². The van der Waals surface area contributed by atoms with Crippen LogP contribution in [0.4, 0.5) is 11.4 Å². The molecule has 1 saturated heterocycles. The molecular weight excluding hydrogens is 382 g/mol. The third kappa shape index (κ3) is 5.30. The Kier molecular flexibility index (Phi) is 6.95. The zero-order valence-electron chi connectivity index (χ0n) is 18.0. The summed E-state index contributed by atoms with van der Waals surface area (Å²) in [6.07, 6.45) is 0. The van der Waals surface area contributed by atoms with Crippen molar-refractivity contribution >= 4 is 23.3 Å². The van der Waals surface area contributed by atoms with Crippen molar-refractivity contribution in [2.24, 2.45) is 0 Å². The number of hydrogen-bond donors (Lipinski definition) is 1. The number of likely N-dealkylation sites (N-methyl/N-ethyl adjacent to an activating group) is 1. The van der Waals surface area contributed by atoms with Gasteiger partial charge in [0.25, 0.3) is 5.91 Å². The third-order valence-electron chi connectivity index (χ3n) is 5.22. The molecule has 7 heteroatoms. The van der Waals surface area contributed by atoms with E-state index in [4.69, 9.17) is 9.47 Å². The lowest BCUT2D eigenvalue weighted by Crippen LogP contribution is -2.44. The van der Waals surface area contributed by atoms with Gasteiger partial charge < -0.3 is 24.6 Å². The molecule has 0 spiro atoms. The number of rotatable bonds is 6. The van der Waals surface area contributed by atoms with Gasteiger partial charge in [0.15, 0.2) is 6.61 Å². The summed E-state index contributed by atoms with van der Waals surface area (Å²) in [7, 11) is 3.43. The fourth-order valence-corrected chi connectivity index (χ4v) is 3.49. The second-order valence-electron chi connectivity index (χ2n) is 7.62. The van der Waals surface area contributed by atoms with E-state index in [1.54, 1.807) is 12.1 Å². The van der Waals surface area contributed by atoms with Crippen molar-refractivity contribution in [2.45, 2.75) is 13.8 Å². The van der Waals surface area contributed by atoms with Gasteiger partial charge in [-0.3, -0.25) is 4.79 Å². The Morgan fingerprint density at radius 1 is 1.03 bits per heavy atom. The highest BCUT2D eigenvalue weighted by Gasteiger charge is 2.20. The number of benzene rings is 2. The average Bonchev–Trinajstić information content (AvgIpc) is 2.73. The van der Waals surface area contributed by atoms with E-state index in [9.17, 15) is 9.59 Å². The number of nitrogens with one attached hydrogen (secondary N) is 1. The maximum atomic E-state index is 12.6. The fourth-order valence-electron chi connectivity index (χ4n) is 3.49. The molecule has 1 heterocycles. The Labute approximate surface area is 177 Å². The van der Waals surface area contributed by atoms with Crippen molar-refractivity contribution in [2.75, 3.05) is 57.2 Å². The summed E-state index contributed by atoms with van der Waals surface area (Å²) < 4.78 is 10.5. The van der Waals surface area contributed by atoms with E-state index in [2.05, 4.69) is 22.2 Å². The predicted octanol–water partition coefficient (Wildman–Crippen LogP) is 2.86. The molecule has 160 valence electrons. The van der Waals surface area contributed by atoms with Gasteiger partial charge in [0.05, 0.1) is 24.0 Å². The Morgan fingerprint density at radius 3 is 2.43 bits per heavy atom. The summed E-state index contributed by atoms with van der Waals surface area (Å²) >= 11 is 0. The number of amides is 1. The normalized spacial score (nSPS) is 14.3. The molecule has 3 rings (SSSR count). The van der Waals surface area contributed by atoms with Crippen LogP contribution in [0.1, 0.15) is 21.5 Å². The lowest BCUT2D eigenvalue weighted by molar-refractivity contribution is -0.118. The smallest absolute Gasteiger partial charge is 0.337 e. The Hall–Kier alpha value is -3.06. The molecule has 0 saturated carbocycles. The highest BCUT2D eigenvalue weighted by molar-refractivity contribution is 5.98. The number of anilines is 2. The van der Waals surface area contributed by atoms with E-state index < -0.39 is 5.97 Å². The van der Waals surface area contributed by atoms with Crippen molar-refractivity contribution < 1.29 is 19.1 Å². The van der Waals surface area contributed by atoms with Gasteiger partial charge in [0.2, 0.25) is 0 Å². The fraction of sp³-hybridized carbons (Fsp3) is 0.391. The standard InChI is InChI=1S/C23H29N3O4/c1-16-5-8-21(17(2)13-16)30-15-22(27)24-19-14-18(23(28)29-4)6-7-20(19)26-11-9-25(3)10-12-26/h5-8,13-14H,9-12,15H2,1-4H3,(H,24,27). The van der Waals surface area contributed by atoms with E-state index >= 15 is 0 Å². The molecule has 1 fully saturated rings. The van der Waals surface area contributed by atoms with E-state index in [0.717, 1.165) is 43.0 Å². The number of hydrogen-bond acceptors (Lipinski definition) is 6. The molecule has 2 aromatic carbocycles. The van der Waals surface area contributed by atoms with E-state index in [-0.39, 0.29) is 12.5 Å². The summed E-state index contributed by atoms with van der Waals surface area (Å²) in [6.45, 7) is 7.40. The van der Waals surface area contributed by atoms with Gasteiger partial charge in [-0.1, -0.05) is 17.7 Å². The van der Waals surface area contributed by atoms with E-state index in [1.165, 1.54) is 7.11 Å². The summed E-state index contributed by atoms with van der Waals surface area (Å²) in [5, 5.41) is 2.91. The molecule has 2 aromatic rings. The maximum Gasteiger partial charge on any atom is 0.337 e. The summed E-state index contributed by atoms with van der Waals surface area (Å²) in [4.78, 5) is 29.1. The molecule has 1 aliphatic heterocycles. The molecule has 0 bridgehead atoms. The highest BCUT2D eigenvalue weighted by Crippen LogP contribution is 2.29. The molecule has 0 unspecified atom stereocenters. The van der Waals surface area contributed by atoms with E-state index in [1.807, 2.05) is 38.1 Å². The van der Waals surface area contributed by atoms with Crippen molar-refractivity contribution in [1.29, 1.82) is 0 Å². The minimum atomic E-state index is -0.443. The minimum Gasteiger partial charge on any atom is -0.483 e. The molecule has 0 aliphatic carbocycles. The van der Waals surface area contributed by atoms with Crippen LogP contribution in [-0.4, -0.2) is 63.7 Å². The third-order valence-corrected chi connectivity index (χ3v) is 5.22. The van der Waals surface area contributed by atoms with Crippen LogP contribution >= 0.6 is 0 Å². The molecule has 7 nitrogen and oxygen atoms in total. The SMILES string of the molecule is COC(=O)c1ccc(N2CCN(C)CC2)c(NC(=O)COc2ccc(C)cc2C)c1. The second-order valence-corrected chi connectivity index (χ2v) is 7.62. The van der Waals surface area contributed by atoms with Crippen molar-refractivity contribution in [3.05, 3.63) is 53.1 Å². The zero-order chi connectivity index (χ0) is 21.7. The van der Waals surface area contributed by atoms with Gasteiger partial charge in [0.1, 0.15) is 5.75 Å². The van der Waals surface area contributed by atoms with Crippen LogP contribution in [-0.2, 0) is 9.53 Å². The van der Waals surface area contributed by atoms with Gasteiger partial charge >= 0.3 is 5.97 Å². The quantitative estimate of drug-likeness (QED) is 0.737. The summed E-state index contributed by atoms with van der Waals surface area (Å²) in [5.74, 6) is -0.0484. The predicted molar refractivity (Wildman–Crippen MR) is 118 cm³/mol. The molecular formula is C23H29N3O4. The lowest BCUT2D eigenvalue weighted by Gasteiger charge is -2.35. The molecule has 30 heavy (non-hydrogen) atoms. The van der Waals surface area contributed by atoms with Gasteiger partial charge in [0, 0.05) is 26.2 Å². The number of piperazine rings is 1. The van der Waals surface area contributed by atoms with Crippen molar-refractivity contribution in [1.82, 2.24) is 4.90 Å². The van der Waals surface area contributed by atoms with Gasteiger partial charge in [-0.25, -0.2) is 4.79 Å². The molecule has 1 N–H and O–H groups in total. The van der Waals surface area contributed by atoms with Crippen LogP contribution in [0, 0.1) is 13.8 Å². The van der Waals surface area contributed by atoms with Crippen LogP contribution in [0.25, 0.3) is 0 Å². The average molecular weight is 412 g/mol. The van der Waals surface area contributed by atoms with Crippen molar-refractivity contribution in [3.63, 3.8) is 0 Å². The lowest BCUT2D eigenvalue weighted by atomic mass is 10.1. The minimum absolute atomic E-state index is 0.117. The summed E-state index contributed by atoms with van der Waals surface area (Å²) in [6, 6.07) is 11.1.